The van der Waals surface area contributed by atoms with E-state index >= 15 is 0 Å². The van der Waals surface area contributed by atoms with Crippen molar-refractivity contribution < 1.29 is 4.79 Å². The lowest BCUT2D eigenvalue weighted by molar-refractivity contribution is -0.128. The van der Waals surface area contributed by atoms with Crippen LogP contribution in [0.4, 0.5) is 0 Å². The number of piperazine rings is 1. The quantitative estimate of drug-likeness (QED) is 0.558. The van der Waals surface area contributed by atoms with E-state index in [9.17, 15) is 4.79 Å². The van der Waals surface area contributed by atoms with Crippen LogP contribution in [0.25, 0.3) is 0 Å². The Bertz CT molecular complexity index is 215. The van der Waals surface area contributed by atoms with Gasteiger partial charge >= 0.3 is 0 Å². The van der Waals surface area contributed by atoms with E-state index in [2.05, 4.69) is 11.9 Å². The van der Waals surface area contributed by atoms with Crippen molar-refractivity contribution in [2.75, 3.05) is 33.2 Å². The summed E-state index contributed by atoms with van der Waals surface area (Å²) in [6.07, 6.45) is 1.88. The van der Waals surface area contributed by atoms with Crippen LogP contribution in [0.2, 0.25) is 0 Å². The lowest BCUT2D eigenvalue weighted by atomic mass is 10.2. The van der Waals surface area contributed by atoms with Crippen molar-refractivity contribution in [1.29, 1.82) is 0 Å². The fourth-order valence-electron chi connectivity index (χ4n) is 1.38. The van der Waals surface area contributed by atoms with Crippen molar-refractivity contribution in [1.82, 2.24) is 9.80 Å². The summed E-state index contributed by atoms with van der Waals surface area (Å²) in [5.41, 5.74) is 0.851. The highest BCUT2D eigenvalue weighted by Crippen LogP contribution is 2.05. The highest BCUT2D eigenvalue weighted by molar-refractivity contribution is 5.92. The second-order valence-electron chi connectivity index (χ2n) is 3.57. The van der Waals surface area contributed by atoms with Crippen LogP contribution in [-0.4, -0.2) is 48.9 Å². The summed E-state index contributed by atoms with van der Waals surface area (Å²) < 4.78 is 0. The molecule has 0 aliphatic carbocycles. The number of carbonyl (C=O) groups is 1. The Morgan fingerprint density at radius 3 is 2.23 bits per heavy atom. The molecular weight excluding hydrogens is 164 g/mol. The van der Waals surface area contributed by atoms with Gasteiger partial charge in [0.1, 0.15) is 0 Å². The molecule has 0 unspecified atom stereocenters. The molecule has 0 bridgehead atoms. The summed E-state index contributed by atoms with van der Waals surface area (Å²) in [6.45, 7) is 7.48. The molecule has 13 heavy (non-hydrogen) atoms. The lowest BCUT2D eigenvalue weighted by Gasteiger charge is -2.32. The second kappa shape index (κ2) is 4.42. The van der Waals surface area contributed by atoms with Gasteiger partial charge in [-0.2, -0.15) is 0 Å². The molecule has 0 atom stereocenters. The van der Waals surface area contributed by atoms with Crippen molar-refractivity contribution in [2.45, 2.75) is 13.8 Å². The molecule has 1 heterocycles. The van der Waals surface area contributed by atoms with E-state index in [1.165, 1.54) is 0 Å². The predicted octanol–water partition coefficient (Wildman–Crippen LogP) is 0.727. The maximum atomic E-state index is 11.7. The standard InChI is InChI=1S/C10H18N2O/c1-4-9(2)10(13)12-7-5-11(3)6-8-12/h4H,5-8H2,1-3H3/b9-4+. The molecule has 0 saturated carbocycles. The van der Waals surface area contributed by atoms with Crippen LogP contribution in [-0.2, 0) is 4.79 Å². The fourth-order valence-corrected chi connectivity index (χ4v) is 1.38. The first-order chi connectivity index (χ1) is 6.15. The van der Waals surface area contributed by atoms with Crippen molar-refractivity contribution in [3.8, 4) is 0 Å². The van der Waals surface area contributed by atoms with Gasteiger partial charge in [-0.05, 0) is 20.9 Å². The van der Waals surface area contributed by atoms with Gasteiger partial charge in [0.05, 0.1) is 0 Å². The smallest absolute Gasteiger partial charge is 0.249 e. The Labute approximate surface area is 80.0 Å². The second-order valence-corrected chi connectivity index (χ2v) is 3.57. The molecule has 0 aromatic carbocycles. The average Bonchev–Trinajstić information content (AvgIpc) is 2.17. The molecule has 3 heteroatoms. The molecule has 0 aromatic rings. The van der Waals surface area contributed by atoms with Crippen LogP contribution in [0, 0.1) is 0 Å². The van der Waals surface area contributed by atoms with E-state index in [-0.39, 0.29) is 5.91 Å². The van der Waals surface area contributed by atoms with Crippen LogP contribution < -0.4 is 0 Å². The monoisotopic (exact) mass is 182 g/mol. The maximum Gasteiger partial charge on any atom is 0.249 e. The van der Waals surface area contributed by atoms with E-state index in [0.29, 0.717) is 0 Å². The van der Waals surface area contributed by atoms with Gasteiger partial charge in [0, 0.05) is 31.8 Å². The summed E-state index contributed by atoms with van der Waals surface area (Å²) in [6, 6.07) is 0. The number of hydrogen-bond donors (Lipinski definition) is 0. The number of rotatable bonds is 1. The normalized spacial score (nSPS) is 20.5. The third-order valence-corrected chi connectivity index (χ3v) is 2.56. The molecule has 1 amide bonds. The molecule has 74 valence electrons. The van der Waals surface area contributed by atoms with Gasteiger partial charge in [-0.15, -0.1) is 0 Å². The molecule has 0 radical (unpaired) electrons. The molecule has 1 saturated heterocycles. The van der Waals surface area contributed by atoms with Crippen molar-refractivity contribution >= 4 is 5.91 Å². The zero-order valence-electron chi connectivity index (χ0n) is 8.71. The van der Waals surface area contributed by atoms with Crippen LogP contribution in [0.1, 0.15) is 13.8 Å². The number of likely N-dealkylation sites (N-methyl/N-ethyl adjacent to an activating group) is 1. The predicted molar refractivity (Wildman–Crippen MR) is 53.5 cm³/mol. The molecule has 3 nitrogen and oxygen atoms in total. The highest BCUT2D eigenvalue weighted by atomic mass is 16.2. The molecule has 0 aromatic heterocycles. The first kappa shape index (κ1) is 10.3. The Balaban J connectivity index is 2.50. The van der Waals surface area contributed by atoms with Gasteiger partial charge in [-0.25, -0.2) is 0 Å². The third kappa shape index (κ3) is 2.56. The van der Waals surface area contributed by atoms with E-state index in [1.807, 2.05) is 24.8 Å². The van der Waals surface area contributed by atoms with Gasteiger partial charge in [0.2, 0.25) is 5.91 Å². The first-order valence-corrected chi connectivity index (χ1v) is 4.76. The first-order valence-electron chi connectivity index (χ1n) is 4.76. The van der Waals surface area contributed by atoms with Gasteiger partial charge in [-0.1, -0.05) is 6.08 Å². The van der Waals surface area contributed by atoms with Gasteiger partial charge < -0.3 is 9.80 Å². The van der Waals surface area contributed by atoms with Crippen LogP contribution >= 0.6 is 0 Å². The summed E-state index contributed by atoms with van der Waals surface area (Å²) in [7, 11) is 2.09. The molecule has 1 fully saturated rings. The van der Waals surface area contributed by atoms with Crippen molar-refractivity contribution in [3.05, 3.63) is 11.6 Å². The molecule has 1 aliphatic rings. The van der Waals surface area contributed by atoms with E-state index in [1.54, 1.807) is 0 Å². The number of amides is 1. The van der Waals surface area contributed by atoms with Gasteiger partial charge in [0.25, 0.3) is 0 Å². The van der Waals surface area contributed by atoms with Crippen LogP contribution in [0.5, 0.6) is 0 Å². The average molecular weight is 182 g/mol. The Morgan fingerprint density at radius 1 is 1.23 bits per heavy atom. The molecule has 0 N–H and O–H groups in total. The van der Waals surface area contributed by atoms with Crippen LogP contribution in [0.3, 0.4) is 0 Å². The van der Waals surface area contributed by atoms with Gasteiger partial charge in [0.15, 0.2) is 0 Å². The zero-order chi connectivity index (χ0) is 9.84. The summed E-state index contributed by atoms with van der Waals surface area (Å²) in [5, 5.41) is 0. The van der Waals surface area contributed by atoms with Crippen molar-refractivity contribution in [3.63, 3.8) is 0 Å². The molecule has 0 spiro atoms. The molecule has 1 rings (SSSR count). The van der Waals surface area contributed by atoms with E-state index in [0.717, 1.165) is 31.8 Å². The van der Waals surface area contributed by atoms with Gasteiger partial charge in [-0.3, -0.25) is 4.79 Å². The number of allylic oxidation sites excluding steroid dienone is 1. The number of hydrogen-bond acceptors (Lipinski definition) is 2. The third-order valence-electron chi connectivity index (χ3n) is 2.56. The Kier molecular flexibility index (Phi) is 3.48. The minimum absolute atomic E-state index is 0.190. The minimum atomic E-state index is 0.190. The zero-order valence-corrected chi connectivity index (χ0v) is 8.71. The van der Waals surface area contributed by atoms with Crippen molar-refractivity contribution in [2.24, 2.45) is 0 Å². The Morgan fingerprint density at radius 2 is 1.77 bits per heavy atom. The lowest BCUT2D eigenvalue weighted by Crippen LogP contribution is -2.47. The highest BCUT2D eigenvalue weighted by Gasteiger charge is 2.19. The summed E-state index contributed by atoms with van der Waals surface area (Å²) in [5.74, 6) is 0.190. The van der Waals surface area contributed by atoms with Crippen LogP contribution in [0.15, 0.2) is 11.6 Å². The molecule has 1 aliphatic heterocycles. The Hall–Kier alpha value is -0.830. The van der Waals surface area contributed by atoms with E-state index in [4.69, 9.17) is 0 Å². The topological polar surface area (TPSA) is 23.6 Å². The SMILES string of the molecule is C/C=C(\C)C(=O)N1CCN(C)CC1. The largest absolute Gasteiger partial charge is 0.336 e. The summed E-state index contributed by atoms with van der Waals surface area (Å²) >= 11 is 0. The fraction of sp³-hybridized carbons (Fsp3) is 0.700. The minimum Gasteiger partial charge on any atom is -0.336 e. The van der Waals surface area contributed by atoms with E-state index < -0.39 is 0 Å². The maximum absolute atomic E-state index is 11.7. The number of nitrogens with zero attached hydrogens (tertiary/aromatic N) is 2. The molecular formula is C10H18N2O. The summed E-state index contributed by atoms with van der Waals surface area (Å²) in [4.78, 5) is 15.8. The number of carbonyl (C=O) groups excluding carboxylic acids is 1.